The maximum absolute atomic E-state index is 12.9. The average molecular weight is 386 g/mol. The monoisotopic (exact) mass is 386 g/mol. The smallest absolute Gasteiger partial charge is 0.305 e. The first kappa shape index (κ1) is 19.1. The molecular weight excluding hydrogens is 360 g/mol. The number of hydrogen-bond donors (Lipinski definition) is 1. The van der Waals surface area contributed by atoms with Crippen LogP contribution in [0, 0.1) is 0 Å². The Morgan fingerprint density at radius 2 is 1.90 bits per heavy atom. The topological polar surface area (TPSA) is 57.6 Å². The number of fused-ring (bicyclic) bond motifs is 1. The van der Waals surface area contributed by atoms with Gasteiger partial charge in [0.2, 0.25) is 0 Å². The molecule has 1 aliphatic rings. The third kappa shape index (κ3) is 4.45. The Balaban J connectivity index is 1.50. The van der Waals surface area contributed by atoms with Gasteiger partial charge in [0, 0.05) is 17.0 Å². The van der Waals surface area contributed by atoms with Crippen LogP contribution in [0.2, 0.25) is 0 Å². The van der Waals surface area contributed by atoms with Crippen LogP contribution in [0.25, 0.3) is 10.9 Å². The lowest BCUT2D eigenvalue weighted by Crippen LogP contribution is -2.30. The first-order valence-electron chi connectivity index (χ1n) is 10.3. The van der Waals surface area contributed by atoms with Gasteiger partial charge in [-0.2, -0.15) is 5.10 Å². The van der Waals surface area contributed by atoms with Crippen molar-refractivity contribution in [2.45, 2.75) is 38.5 Å². The number of carbonyl (C=O) groups is 1. The van der Waals surface area contributed by atoms with E-state index < -0.39 is 0 Å². The van der Waals surface area contributed by atoms with Crippen LogP contribution in [0.15, 0.2) is 72.0 Å². The number of benzene rings is 2. The maximum atomic E-state index is 12.9. The molecule has 0 aliphatic carbocycles. The number of pyridine rings is 1. The van der Waals surface area contributed by atoms with Crippen LogP contribution < -0.4 is 5.32 Å². The Labute approximate surface area is 171 Å². The molecule has 1 unspecified atom stereocenters. The number of nitrogens with one attached hydrogen (secondary N) is 1. The molecule has 5 heteroatoms. The lowest BCUT2D eigenvalue weighted by atomic mass is 9.92. The summed E-state index contributed by atoms with van der Waals surface area (Å²) in [7, 11) is 0. The van der Waals surface area contributed by atoms with Gasteiger partial charge in [-0.1, -0.05) is 68.3 Å². The minimum atomic E-state index is -0.214. The van der Waals surface area contributed by atoms with Crippen LogP contribution in [0.5, 0.6) is 0 Å². The van der Waals surface area contributed by atoms with E-state index in [-0.39, 0.29) is 11.9 Å². The normalized spacial score (nSPS) is 16.1. The van der Waals surface area contributed by atoms with Gasteiger partial charge in [-0.25, -0.2) is 9.80 Å². The van der Waals surface area contributed by atoms with Gasteiger partial charge in [-0.3, -0.25) is 4.98 Å². The molecular formula is C24H26N4O. The largest absolute Gasteiger partial charge is 0.342 e. The van der Waals surface area contributed by atoms with Gasteiger partial charge in [-0.15, -0.1) is 0 Å². The predicted molar refractivity (Wildman–Crippen MR) is 118 cm³/mol. The zero-order valence-electron chi connectivity index (χ0n) is 16.7. The highest BCUT2D eigenvalue weighted by Crippen LogP contribution is 2.28. The SMILES string of the molecule is CCCCCC1=NN(C(=O)Nc2cnc3ccccc3c2)CC1c1ccccc1. The molecule has 0 bridgehead atoms. The Morgan fingerprint density at radius 3 is 2.72 bits per heavy atom. The fraction of sp³-hybridized carbons (Fsp3) is 0.292. The number of aromatic nitrogens is 1. The third-order valence-electron chi connectivity index (χ3n) is 5.32. The lowest BCUT2D eigenvalue weighted by molar-refractivity contribution is 0.218. The van der Waals surface area contributed by atoms with Gasteiger partial charge in [0.1, 0.15) is 0 Å². The molecule has 0 saturated heterocycles. The number of nitrogens with zero attached hydrogens (tertiary/aromatic N) is 3. The molecule has 5 nitrogen and oxygen atoms in total. The van der Waals surface area contributed by atoms with Crippen molar-refractivity contribution < 1.29 is 4.79 Å². The summed E-state index contributed by atoms with van der Waals surface area (Å²) in [6.45, 7) is 2.76. The molecule has 29 heavy (non-hydrogen) atoms. The van der Waals surface area contributed by atoms with E-state index in [1.807, 2.05) is 48.5 Å². The van der Waals surface area contributed by atoms with Crippen molar-refractivity contribution in [3.63, 3.8) is 0 Å². The summed E-state index contributed by atoms with van der Waals surface area (Å²) in [5.41, 5.74) is 3.90. The fourth-order valence-electron chi connectivity index (χ4n) is 3.76. The number of anilines is 1. The molecule has 1 N–H and O–H groups in total. The van der Waals surface area contributed by atoms with Gasteiger partial charge >= 0.3 is 6.03 Å². The van der Waals surface area contributed by atoms with Crippen LogP contribution in [-0.4, -0.2) is 28.3 Å². The Hall–Kier alpha value is -3.21. The van der Waals surface area contributed by atoms with E-state index in [1.165, 1.54) is 18.4 Å². The highest BCUT2D eigenvalue weighted by atomic mass is 16.2. The number of carbonyl (C=O) groups excluding carboxylic acids is 1. The van der Waals surface area contributed by atoms with Crippen molar-refractivity contribution in [2.24, 2.45) is 5.10 Å². The average Bonchev–Trinajstić information content (AvgIpc) is 3.19. The second kappa shape index (κ2) is 8.86. The van der Waals surface area contributed by atoms with E-state index in [0.717, 1.165) is 29.5 Å². The molecule has 0 saturated carbocycles. The molecule has 3 aromatic rings. The molecule has 0 radical (unpaired) electrons. The number of amides is 2. The van der Waals surface area contributed by atoms with Crippen molar-refractivity contribution in [1.82, 2.24) is 9.99 Å². The van der Waals surface area contributed by atoms with Crippen molar-refractivity contribution in [3.8, 4) is 0 Å². The summed E-state index contributed by atoms with van der Waals surface area (Å²) in [6.07, 6.45) is 6.06. The van der Waals surface area contributed by atoms with E-state index in [0.29, 0.717) is 12.2 Å². The van der Waals surface area contributed by atoms with Gasteiger partial charge in [0.15, 0.2) is 0 Å². The molecule has 2 amide bonds. The van der Waals surface area contributed by atoms with Crippen molar-refractivity contribution in [3.05, 3.63) is 72.4 Å². The first-order chi connectivity index (χ1) is 14.2. The molecule has 1 aliphatic heterocycles. The lowest BCUT2D eigenvalue weighted by Gasteiger charge is -2.16. The Kier molecular flexibility index (Phi) is 5.84. The van der Waals surface area contributed by atoms with Crippen molar-refractivity contribution >= 4 is 28.3 Å². The number of urea groups is 1. The minimum Gasteiger partial charge on any atom is -0.305 e. The summed E-state index contributed by atoms with van der Waals surface area (Å²) in [4.78, 5) is 17.3. The van der Waals surface area contributed by atoms with E-state index >= 15 is 0 Å². The van der Waals surface area contributed by atoms with Gasteiger partial charge < -0.3 is 5.32 Å². The number of unbranched alkanes of at least 4 members (excludes halogenated alkanes) is 2. The van der Waals surface area contributed by atoms with Gasteiger partial charge in [0.05, 0.1) is 23.9 Å². The summed E-state index contributed by atoms with van der Waals surface area (Å²) in [6, 6.07) is 19.9. The highest BCUT2D eigenvalue weighted by Gasteiger charge is 2.30. The molecule has 1 atom stereocenters. The molecule has 1 aromatic heterocycles. The van der Waals surface area contributed by atoms with E-state index in [2.05, 4.69) is 29.4 Å². The molecule has 0 spiro atoms. The summed E-state index contributed by atoms with van der Waals surface area (Å²) >= 11 is 0. The first-order valence-corrected chi connectivity index (χ1v) is 10.3. The quantitative estimate of drug-likeness (QED) is 0.544. The highest BCUT2D eigenvalue weighted by molar-refractivity contribution is 5.98. The number of hydrazone groups is 1. The Morgan fingerprint density at radius 1 is 1.10 bits per heavy atom. The van der Waals surface area contributed by atoms with Crippen LogP contribution in [-0.2, 0) is 0 Å². The molecule has 148 valence electrons. The van der Waals surface area contributed by atoms with Gasteiger partial charge in [0.25, 0.3) is 0 Å². The third-order valence-corrected chi connectivity index (χ3v) is 5.32. The van der Waals surface area contributed by atoms with E-state index in [9.17, 15) is 4.79 Å². The molecule has 4 rings (SSSR count). The fourth-order valence-corrected chi connectivity index (χ4v) is 3.76. The zero-order valence-corrected chi connectivity index (χ0v) is 16.7. The number of rotatable bonds is 6. The molecule has 2 aromatic carbocycles. The van der Waals surface area contributed by atoms with Gasteiger partial charge in [-0.05, 0) is 30.5 Å². The second-order valence-corrected chi connectivity index (χ2v) is 7.44. The Bertz CT molecular complexity index is 1020. The minimum absolute atomic E-state index is 0.161. The second-order valence-electron chi connectivity index (χ2n) is 7.44. The van der Waals surface area contributed by atoms with Crippen LogP contribution in [0.3, 0.4) is 0 Å². The maximum Gasteiger partial charge on any atom is 0.342 e. The summed E-state index contributed by atoms with van der Waals surface area (Å²) in [5.74, 6) is 0.161. The number of hydrogen-bond acceptors (Lipinski definition) is 3. The zero-order chi connectivity index (χ0) is 20.1. The number of para-hydroxylation sites is 1. The predicted octanol–water partition coefficient (Wildman–Crippen LogP) is 5.80. The van der Waals surface area contributed by atoms with Crippen LogP contribution in [0.4, 0.5) is 10.5 Å². The molecule has 2 heterocycles. The summed E-state index contributed by atoms with van der Waals surface area (Å²) in [5, 5.41) is 10.2. The molecule has 0 fully saturated rings. The van der Waals surface area contributed by atoms with Crippen LogP contribution in [0.1, 0.15) is 44.1 Å². The van der Waals surface area contributed by atoms with Crippen molar-refractivity contribution in [2.75, 3.05) is 11.9 Å². The van der Waals surface area contributed by atoms with E-state index in [4.69, 9.17) is 5.10 Å². The summed E-state index contributed by atoms with van der Waals surface area (Å²) < 4.78 is 0. The van der Waals surface area contributed by atoms with Crippen LogP contribution >= 0.6 is 0 Å². The standard InChI is InChI=1S/C24H26N4O/c1-2-3-5-14-23-21(18-10-6-4-7-11-18)17-28(27-23)24(29)26-20-15-19-12-8-9-13-22(19)25-16-20/h4,6-13,15-16,21H,2-3,5,14,17H2,1H3,(H,26,29). The van der Waals surface area contributed by atoms with E-state index in [1.54, 1.807) is 11.2 Å². The van der Waals surface area contributed by atoms with Crippen molar-refractivity contribution in [1.29, 1.82) is 0 Å².